The third kappa shape index (κ3) is 3.13. The Morgan fingerprint density at radius 1 is 1.07 bits per heavy atom. The van der Waals surface area contributed by atoms with Gasteiger partial charge >= 0.3 is 5.97 Å². The summed E-state index contributed by atoms with van der Waals surface area (Å²) in [4.78, 5) is 49.9. The molecule has 2 fully saturated rings. The van der Waals surface area contributed by atoms with Gasteiger partial charge in [0.2, 0.25) is 11.8 Å². The normalized spacial score (nSPS) is 27.8. The largest absolute Gasteiger partial charge is 0.454 e. The lowest BCUT2D eigenvalue weighted by Crippen LogP contribution is -2.38. The molecule has 1 N–H and O–H groups in total. The molecular formula is C20H20N2O5. The molecule has 0 radical (unpaired) electrons. The van der Waals surface area contributed by atoms with E-state index in [1.165, 1.54) is 0 Å². The first-order valence-electron chi connectivity index (χ1n) is 9.00. The van der Waals surface area contributed by atoms with E-state index in [1.807, 2.05) is 31.2 Å². The van der Waals surface area contributed by atoms with Crippen LogP contribution in [0.15, 0.2) is 36.4 Å². The molecule has 1 heterocycles. The number of hydrogen-bond donors (Lipinski definition) is 1. The van der Waals surface area contributed by atoms with Gasteiger partial charge < -0.3 is 10.1 Å². The van der Waals surface area contributed by atoms with Crippen molar-refractivity contribution in [2.45, 2.75) is 13.3 Å². The molecule has 7 heteroatoms. The van der Waals surface area contributed by atoms with E-state index in [9.17, 15) is 19.2 Å². The molecule has 27 heavy (non-hydrogen) atoms. The van der Waals surface area contributed by atoms with E-state index >= 15 is 0 Å². The topological polar surface area (TPSA) is 92.8 Å². The molecule has 3 amide bonds. The average molecular weight is 368 g/mol. The van der Waals surface area contributed by atoms with Crippen molar-refractivity contribution in [1.29, 1.82) is 0 Å². The zero-order chi connectivity index (χ0) is 19.1. The molecule has 2 bridgehead atoms. The number of esters is 1. The van der Waals surface area contributed by atoms with Crippen LogP contribution in [0.2, 0.25) is 0 Å². The summed E-state index contributed by atoms with van der Waals surface area (Å²) < 4.78 is 4.94. The number of likely N-dealkylation sites (tertiary alicyclic amines) is 1. The third-order valence-corrected chi connectivity index (χ3v) is 5.55. The van der Waals surface area contributed by atoms with E-state index in [-0.39, 0.29) is 35.5 Å². The summed E-state index contributed by atoms with van der Waals surface area (Å²) in [7, 11) is 0. The first kappa shape index (κ1) is 17.5. The van der Waals surface area contributed by atoms with E-state index in [4.69, 9.17) is 4.74 Å². The fourth-order valence-electron chi connectivity index (χ4n) is 4.27. The Morgan fingerprint density at radius 3 is 2.26 bits per heavy atom. The first-order valence-corrected chi connectivity index (χ1v) is 9.00. The molecule has 4 atom stereocenters. The first-order chi connectivity index (χ1) is 12.9. The number of anilines is 1. The van der Waals surface area contributed by atoms with Gasteiger partial charge in [-0.25, -0.2) is 0 Å². The van der Waals surface area contributed by atoms with Gasteiger partial charge in [0, 0.05) is 5.69 Å². The van der Waals surface area contributed by atoms with Crippen molar-refractivity contribution in [1.82, 2.24) is 4.90 Å². The van der Waals surface area contributed by atoms with Crippen molar-refractivity contribution in [3.63, 3.8) is 0 Å². The standard InChI is InChI=1S/C20H20N2O5/c1-11-2-6-14(7-3-11)21-15(23)10-27-16(24)9-22-19(25)17-12-4-5-13(8-12)18(17)20(22)26/h2-7,12-13,17-18H,8-10H2,1H3,(H,21,23)/t12-,13-,17+,18+/m1/s1. The van der Waals surface area contributed by atoms with Gasteiger partial charge in [-0.1, -0.05) is 29.8 Å². The van der Waals surface area contributed by atoms with Gasteiger partial charge in [-0.3, -0.25) is 24.1 Å². The number of carbonyl (C=O) groups is 4. The minimum atomic E-state index is -0.768. The lowest BCUT2D eigenvalue weighted by atomic mass is 9.85. The van der Waals surface area contributed by atoms with Gasteiger partial charge in [0.05, 0.1) is 11.8 Å². The van der Waals surface area contributed by atoms with Gasteiger partial charge in [-0.05, 0) is 37.3 Å². The molecule has 1 saturated carbocycles. The zero-order valence-electron chi connectivity index (χ0n) is 14.9. The number of amides is 3. The van der Waals surface area contributed by atoms with Gasteiger partial charge in [0.15, 0.2) is 6.61 Å². The predicted octanol–water partition coefficient (Wildman–Crippen LogP) is 1.28. The molecule has 7 nitrogen and oxygen atoms in total. The molecule has 140 valence electrons. The molecule has 0 spiro atoms. The maximum Gasteiger partial charge on any atom is 0.326 e. The summed E-state index contributed by atoms with van der Waals surface area (Å²) >= 11 is 0. The highest BCUT2D eigenvalue weighted by Crippen LogP contribution is 2.52. The highest BCUT2D eigenvalue weighted by molar-refractivity contribution is 6.08. The van der Waals surface area contributed by atoms with Crippen LogP contribution in [0.4, 0.5) is 5.69 Å². The van der Waals surface area contributed by atoms with E-state index in [0.29, 0.717) is 5.69 Å². The van der Waals surface area contributed by atoms with Crippen molar-refractivity contribution in [2.24, 2.45) is 23.7 Å². The van der Waals surface area contributed by atoms with Crippen LogP contribution in [-0.2, 0) is 23.9 Å². The maximum absolute atomic E-state index is 12.5. The maximum atomic E-state index is 12.5. The number of carbonyl (C=O) groups excluding carboxylic acids is 4. The predicted molar refractivity (Wildman–Crippen MR) is 95.2 cm³/mol. The van der Waals surface area contributed by atoms with Gasteiger partial charge in [-0.2, -0.15) is 0 Å². The van der Waals surface area contributed by atoms with E-state index in [1.54, 1.807) is 12.1 Å². The number of fused-ring (bicyclic) bond motifs is 5. The minimum absolute atomic E-state index is 0.0951. The summed E-state index contributed by atoms with van der Waals surface area (Å²) in [6, 6.07) is 7.20. The second-order valence-corrected chi connectivity index (χ2v) is 7.34. The highest BCUT2D eigenvalue weighted by Gasteiger charge is 2.59. The molecule has 0 aromatic heterocycles. The Labute approximate surface area is 156 Å². The summed E-state index contributed by atoms with van der Waals surface area (Å²) in [5, 5.41) is 2.62. The van der Waals surface area contributed by atoms with Gasteiger partial charge in [0.1, 0.15) is 6.54 Å². The van der Waals surface area contributed by atoms with Crippen LogP contribution in [0, 0.1) is 30.6 Å². The molecule has 1 aromatic rings. The van der Waals surface area contributed by atoms with Crippen molar-refractivity contribution >= 4 is 29.4 Å². The number of aryl methyl sites for hydroxylation is 1. The minimum Gasteiger partial charge on any atom is -0.454 e. The van der Waals surface area contributed by atoms with Crippen LogP contribution in [0.1, 0.15) is 12.0 Å². The van der Waals surface area contributed by atoms with E-state index < -0.39 is 25.0 Å². The Kier molecular flexibility index (Phi) is 4.30. The molecule has 2 aliphatic carbocycles. The summed E-state index contributed by atoms with van der Waals surface area (Å²) in [5.41, 5.74) is 1.66. The lowest BCUT2D eigenvalue weighted by molar-refractivity contribution is -0.154. The van der Waals surface area contributed by atoms with E-state index in [0.717, 1.165) is 16.9 Å². The van der Waals surface area contributed by atoms with Crippen LogP contribution < -0.4 is 5.32 Å². The zero-order valence-corrected chi connectivity index (χ0v) is 14.9. The molecule has 4 rings (SSSR count). The fraction of sp³-hybridized carbons (Fsp3) is 0.400. The van der Waals surface area contributed by atoms with Crippen LogP contribution >= 0.6 is 0 Å². The number of nitrogens with zero attached hydrogens (tertiary/aromatic N) is 1. The number of nitrogens with one attached hydrogen (secondary N) is 1. The SMILES string of the molecule is Cc1ccc(NC(=O)COC(=O)CN2C(=O)[C@@H]3[C@@H](C2=O)[C@@H]2C=C[C@@H]3C2)cc1. The third-order valence-electron chi connectivity index (χ3n) is 5.55. The smallest absolute Gasteiger partial charge is 0.326 e. The van der Waals surface area contributed by atoms with Crippen LogP contribution in [0.3, 0.4) is 0 Å². The van der Waals surface area contributed by atoms with Crippen molar-refractivity contribution in [2.75, 3.05) is 18.5 Å². The molecule has 1 saturated heterocycles. The number of allylic oxidation sites excluding steroid dienone is 2. The Bertz CT molecular complexity index is 814. The quantitative estimate of drug-likeness (QED) is 0.480. The number of ether oxygens (including phenoxy) is 1. The highest BCUT2D eigenvalue weighted by atomic mass is 16.5. The number of hydrogen-bond acceptors (Lipinski definition) is 5. The number of benzene rings is 1. The fourth-order valence-corrected chi connectivity index (χ4v) is 4.27. The summed E-state index contributed by atoms with van der Waals surface area (Å²) in [6.45, 7) is 1.02. The van der Waals surface area contributed by atoms with Gasteiger partial charge in [0.25, 0.3) is 5.91 Å². The molecule has 0 unspecified atom stereocenters. The molecule has 1 aromatic carbocycles. The Balaban J connectivity index is 1.28. The van der Waals surface area contributed by atoms with Crippen molar-refractivity contribution in [3.05, 3.63) is 42.0 Å². The second-order valence-electron chi connectivity index (χ2n) is 7.34. The van der Waals surface area contributed by atoms with E-state index in [2.05, 4.69) is 5.32 Å². The Morgan fingerprint density at radius 2 is 1.67 bits per heavy atom. The molecule has 3 aliphatic rings. The number of rotatable bonds is 5. The van der Waals surface area contributed by atoms with Crippen molar-refractivity contribution < 1.29 is 23.9 Å². The monoisotopic (exact) mass is 368 g/mol. The van der Waals surface area contributed by atoms with Crippen LogP contribution in [0.5, 0.6) is 0 Å². The summed E-state index contributed by atoms with van der Waals surface area (Å²) in [5.74, 6) is -2.35. The average Bonchev–Trinajstić information content (AvgIpc) is 3.32. The Hall–Kier alpha value is -2.96. The van der Waals surface area contributed by atoms with Gasteiger partial charge in [-0.15, -0.1) is 0 Å². The summed E-state index contributed by atoms with van der Waals surface area (Å²) in [6.07, 6.45) is 4.83. The van der Waals surface area contributed by atoms with Crippen LogP contribution in [-0.4, -0.2) is 41.7 Å². The number of imide groups is 1. The van der Waals surface area contributed by atoms with Crippen molar-refractivity contribution in [3.8, 4) is 0 Å². The lowest BCUT2D eigenvalue weighted by Gasteiger charge is -2.16. The second kappa shape index (κ2) is 6.64. The molecule has 1 aliphatic heterocycles. The molecular weight excluding hydrogens is 348 g/mol. The van der Waals surface area contributed by atoms with Crippen LogP contribution in [0.25, 0.3) is 0 Å².